The Hall–Kier alpha value is -0.830. The third kappa shape index (κ3) is 3.08. The molecule has 112 valence electrons. The zero-order chi connectivity index (χ0) is 15.2. The summed E-state index contributed by atoms with van der Waals surface area (Å²) < 4.78 is 64.2. The summed E-state index contributed by atoms with van der Waals surface area (Å²) in [5.74, 6) is 0. The summed E-state index contributed by atoms with van der Waals surface area (Å²) in [6, 6.07) is 2.08. The average molecular weight is 330 g/mol. The predicted octanol–water partition coefficient (Wildman–Crippen LogP) is 2.16. The van der Waals surface area contributed by atoms with E-state index in [4.69, 9.17) is 16.7 Å². The second-order valence-electron chi connectivity index (χ2n) is 4.69. The minimum atomic E-state index is -4.66. The minimum Gasteiger partial charge on any atom is -0.394 e. The quantitative estimate of drug-likeness (QED) is 0.889. The van der Waals surface area contributed by atoms with E-state index in [-0.39, 0.29) is 5.02 Å². The Morgan fingerprint density at radius 1 is 1.35 bits per heavy atom. The van der Waals surface area contributed by atoms with Gasteiger partial charge in [0.2, 0.25) is 10.0 Å². The molecule has 4 nitrogen and oxygen atoms in total. The Labute approximate surface area is 118 Å². The van der Waals surface area contributed by atoms with E-state index in [0.29, 0.717) is 25.0 Å². The first-order valence-electron chi connectivity index (χ1n) is 5.61. The Kier molecular flexibility index (Phi) is 3.79. The lowest BCUT2D eigenvalue weighted by Crippen LogP contribution is -2.39. The summed E-state index contributed by atoms with van der Waals surface area (Å²) in [6.45, 7) is -0.414. The Morgan fingerprint density at radius 2 is 1.95 bits per heavy atom. The molecule has 0 saturated heterocycles. The number of alkyl halides is 3. The lowest BCUT2D eigenvalue weighted by atomic mass is 10.2. The molecule has 0 spiro atoms. The topological polar surface area (TPSA) is 66.4 Å². The second-order valence-corrected chi connectivity index (χ2v) is 6.74. The number of nitrogens with one attached hydrogen (secondary N) is 1. The van der Waals surface area contributed by atoms with Crippen LogP contribution in [0.4, 0.5) is 13.2 Å². The fourth-order valence-electron chi connectivity index (χ4n) is 1.67. The SMILES string of the molecule is O=S(=O)(NC1(CO)CC1)c1cc(C(F)(F)F)ccc1Cl. The standard InChI is InChI=1S/C11H11ClF3NO3S/c12-8-2-1-7(11(13,14)15)5-9(8)20(18,19)16-10(6-17)3-4-10/h1-2,5,16-17H,3-4,6H2. The van der Waals surface area contributed by atoms with Gasteiger partial charge < -0.3 is 5.11 Å². The molecule has 2 rings (SSSR count). The highest BCUT2D eigenvalue weighted by atomic mass is 35.5. The zero-order valence-corrected chi connectivity index (χ0v) is 11.6. The molecule has 20 heavy (non-hydrogen) atoms. The van der Waals surface area contributed by atoms with Crippen LogP contribution in [0.3, 0.4) is 0 Å². The number of hydrogen-bond donors (Lipinski definition) is 2. The highest BCUT2D eigenvalue weighted by Crippen LogP contribution is 2.38. The maximum Gasteiger partial charge on any atom is 0.416 e. The molecule has 0 aromatic heterocycles. The fourth-order valence-corrected chi connectivity index (χ4v) is 3.65. The summed E-state index contributed by atoms with van der Waals surface area (Å²) in [4.78, 5) is -0.645. The molecule has 1 aliphatic rings. The molecule has 2 N–H and O–H groups in total. The predicted molar refractivity (Wildman–Crippen MR) is 65.8 cm³/mol. The molecule has 0 radical (unpaired) electrons. The summed E-state index contributed by atoms with van der Waals surface area (Å²) in [7, 11) is -4.22. The smallest absolute Gasteiger partial charge is 0.394 e. The molecule has 9 heteroatoms. The molecule has 1 saturated carbocycles. The van der Waals surface area contributed by atoms with Crippen molar-refractivity contribution >= 4 is 21.6 Å². The van der Waals surface area contributed by atoms with E-state index < -0.39 is 38.8 Å². The van der Waals surface area contributed by atoms with Crippen LogP contribution in [-0.2, 0) is 16.2 Å². The van der Waals surface area contributed by atoms with Gasteiger partial charge in [-0.3, -0.25) is 0 Å². The molecule has 0 atom stereocenters. The lowest BCUT2D eigenvalue weighted by Gasteiger charge is -2.16. The molecule has 0 unspecified atom stereocenters. The maximum absolute atomic E-state index is 12.6. The van der Waals surface area contributed by atoms with Crippen molar-refractivity contribution in [2.45, 2.75) is 29.5 Å². The molecule has 1 fully saturated rings. The van der Waals surface area contributed by atoms with Crippen molar-refractivity contribution in [3.05, 3.63) is 28.8 Å². The highest BCUT2D eigenvalue weighted by molar-refractivity contribution is 7.89. The van der Waals surface area contributed by atoms with E-state index in [1.165, 1.54) is 0 Å². The lowest BCUT2D eigenvalue weighted by molar-refractivity contribution is -0.137. The van der Waals surface area contributed by atoms with Crippen molar-refractivity contribution < 1.29 is 26.7 Å². The fraction of sp³-hybridized carbons (Fsp3) is 0.455. The van der Waals surface area contributed by atoms with Gasteiger partial charge in [-0.15, -0.1) is 0 Å². The van der Waals surface area contributed by atoms with Crippen LogP contribution in [-0.4, -0.2) is 25.7 Å². The zero-order valence-electron chi connectivity index (χ0n) is 10.0. The van der Waals surface area contributed by atoms with Crippen molar-refractivity contribution in [2.24, 2.45) is 0 Å². The molecule has 1 aromatic carbocycles. The van der Waals surface area contributed by atoms with Gasteiger partial charge in [-0.25, -0.2) is 13.1 Å². The van der Waals surface area contributed by atoms with Crippen LogP contribution in [0.15, 0.2) is 23.1 Å². The molecule has 1 aliphatic carbocycles. The van der Waals surface area contributed by atoms with E-state index in [1.807, 2.05) is 0 Å². The van der Waals surface area contributed by atoms with E-state index in [1.54, 1.807) is 0 Å². The summed E-state index contributed by atoms with van der Waals surface area (Å²) in [5.41, 5.74) is -2.08. The van der Waals surface area contributed by atoms with Gasteiger partial charge in [-0.2, -0.15) is 13.2 Å². The monoisotopic (exact) mass is 329 g/mol. The third-order valence-corrected chi connectivity index (χ3v) is 5.12. The highest BCUT2D eigenvalue weighted by Gasteiger charge is 2.46. The van der Waals surface area contributed by atoms with Gasteiger partial charge in [-0.05, 0) is 31.0 Å². The summed E-state index contributed by atoms with van der Waals surface area (Å²) in [6.07, 6.45) is -3.80. The molecule has 0 amide bonds. The molecule has 0 aliphatic heterocycles. The summed E-state index contributed by atoms with van der Waals surface area (Å²) in [5, 5.41) is 8.77. The number of halogens is 4. The van der Waals surface area contributed by atoms with Gasteiger partial charge >= 0.3 is 6.18 Å². The normalized spacial score (nSPS) is 18.1. The van der Waals surface area contributed by atoms with Gasteiger partial charge in [0, 0.05) is 0 Å². The molecular formula is C11H11ClF3NO3S. The van der Waals surface area contributed by atoms with Crippen LogP contribution in [0, 0.1) is 0 Å². The Morgan fingerprint density at radius 3 is 2.40 bits per heavy atom. The van der Waals surface area contributed by atoms with Crippen molar-refractivity contribution in [1.82, 2.24) is 4.72 Å². The number of aliphatic hydroxyl groups excluding tert-OH is 1. The van der Waals surface area contributed by atoms with E-state index in [9.17, 15) is 21.6 Å². The number of aliphatic hydroxyl groups is 1. The first-order valence-corrected chi connectivity index (χ1v) is 7.47. The van der Waals surface area contributed by atoms with Gasteiger partial charge in [-0.1, -0.05) is 11.6 Å². The van der Waals surface area contributed by atoms with Crippen molar-refractivity contribution in [3.63, 3.8) is 0 Å². The first-order chi connectivity index (χ1) is 9.10. The van der Waals surface area contributed by atoms with Crippen LogP contribution in [0.25, 0.3) is 0 Å². The minimum absolute atomic E-state index is 0.306. The molecular weight excluding hydrogens is 319 g/mol. The molecule has 0 bridgehead atoms. The van der Waals surface area contributed by atoms with E-state index in [2.05, 4.69) is 4.72 Å². The van der Waals surface area contributed by atoms with Gasteiger partial charge in [0.1, 0.15) is 4.90 Å². The Bertz CT molecular complexity index is 626. The number of hydrogen-bond acceptors (Lipinski definition) is 3. The van der Waals surface area contributed by atoms with Crippen LogP contribution < -0.4 is 4.72 Å². The second kappa shape index (κ2) is 4.87. The Balaban J connectivity index is 2.41. The van der Waals surface area contributed by atoms with Crippen LogP contribution >= 0.6 is 11.6 Å². The van der Waals surface area contributed by atoms with Gasteiger partial charge in [0.05, 0.1) is 22.7 Å². The summed E-state index contributed by atoms with van der Waals surface area (Å²) >= 11 is 5.67. The molecule has 1 aromatic rings. The number of rotatable bonds is 4. The van der Waals surface area contributed by atoms with Crippen LogP contribution in [0.5, 0.6) is 0 Å². The molecule has 0 heterocycles. The van der Waals surface area contributed by atoms with Crippen molar-refractivity contribution in [3.8, 4) is 0 Å². The number of benzene rings is 1. The average Bonchev–Trinajstić information content (AvgIpc) is 3.07. The van der Waals surface area contributed by atoms with E-state index in [0.717, 1.165) is 6.07 Å². The van der Waals surface area contributed by atoms with Crippen LogP contribution in [0.2, 0.25) is 5.02 Å². The third-order valence-electron chi connectivity index (χ3n) is 3.06. The maximum atomic E-state index is 12.6. The van der Waals surface area contributed by atoms with Crippen molar-refractivity contribution in [2.75, 3.05) is 6.61 Å². The van der Waals surface area contributed by atoms with E-state index >= 15 is 0 Å². The largest absolute Gasteiger partial charge is 0.416 e. The van der Waals surface area contributed by atoms with Crippen LogP contribution in [0.1, 0.15) is 18.4 Å². The number of sulfonamides is 1. The van der Waals surface area contributed by atoms with Gasteiger partial charge in [0.15, 0.2) is 0 Å². The van der Waals surface area contributed by atoms with Gasteiger partial charge in [0.25, 0.3) is 0 Å². The van der Waals surface area contributed by atoms with Crippen molar-refractivity contribution in [1.29, 1.82) is 0 Å². The first kappa shape index (κ1) is 15.6.